The Hall–Kier alpha value is -1.60. The molecule has 1 aromatic carbocycles. The number of carbonyl (C=O) groups is 2. The number of thioether (sulfide) groups is 1. The molecule has 0 N–H and O–H groups in total. The zero-order valence-corrected chi connectivity index (χ0v) is 16.8. The van der Waals surface area contributed by atoms with Crippen LogP contribution in [-0.2, 0) is 14.3 Å². The first-order chi connectivity index (χ1) is 11.8. The van der Waals surface area contributed by atoms with Gasteiger partial charge in [-0.25, -0.2) is 0 Å². The molecule has 0 saturated heterocycles. The second kappa shape index (κ2) is 10.4. The van der Waals surface area contributed by atoms with Gasteiger partial charge in [-0.15, -0.1) is 0 Å². The highest BCUT2D eigenvalue weighted by Gasteiger charge is 2.24. The van der Waals surface area contributed by atoms with E-state index in [0.717, 1.165) is 17.3 Å². The van der Waals surface area contributed by atoms with Crippen LogP contribution in [0.2, 0.25) is 0 Å². The molecule has 0 spiro atoms. The summed E-state index contributed by atoms with van der Waals surface area (Å²) in [6.07, 6.45) is 0.340. The van der Waals surface area contributed by atoms with E-state index in [1.54, 1.807) is 26.2 Å². The molecule has 138 valence electrons. The summed E-state index contributed by atoms with van der Waals surface area (Å²) >= 11 is 6.23. The van der Waals surface area contributed by atoms with Gasteiger partial charge < -0.3 is 14.2 Å². The summed E-state index contributed by atoms with van der Waals surface area (Å²) < 4.78 is 16.1. The largest absolute Gasteiger partial charge is 0.496 e. The highest BCUT2D eigenvalue weighted by Crippen LogP contribution is 2.27. The van der Waals surface area contributed by atoms with Gasteiger partial charge in [-0.05, 0) is 49.5 Å². The van der Waals surface area contributed by atoms with Gasteiger partial charge in [0, 0.05) is 24.8 Å². The maximum Gasteiger partial charge on any atom is 0.303 e. The van der Waals surface area contributed by atoms with Gasteiger partial charge in [-0.2, -0.15) is 0 Å². The van der Waals surface area contributed by atoms with E-state index in [0.29, 0.717) is 28.7 Å². The number of ketones is 1. The fraction of sp³-hybridized carbons (Fsp3) is 0.500. The van der Waals surface area contributed by atoms with Crippen LogP contribution in [0.1, 0.15) is 43.1 Å². The first-order valence-electron chi connectivity index (χ1n) is 7.97. The standard InChI is InChI=1S/C18H24O5S2/c1-6-22-18(24)25-16(23-13(4)19)9-12(3)17(20)14-8-7-11(2)15(10-14)21-5/h7-8,10,12,16H,6,9H2,1-5H3. The molecule has 25 heavy (non-hydrogen) atoms. The lowest BCUT2D eigenvalue weighted by molar-refractivity contribution is -0.142. The molecule has 0 aliphatic carbocycles. The Balaban J connectivity index is 2.83. The fourth-order valence-electron chi connectivity index (χ4n) is 2.22. The van der Waals surface area contributed by atoms with E-state index in [-0.39, 0.29) is 11.7 Å². The Labute approximate surface area is 158 Å². The number of carbonyl (C=O) groups excluding carboxylic acids is 2. The van der Waals surface area contributed by atoms with Crippen LogP contribution in [0.25, 0.3) is 0 Å². The van der Waals surface area contributed by atoms with Crippen molar-refractivity contribution in [2.45, 2.75) is 39.6 Å². The molecular formula is C18H24O5S2. The number of methoxy groups -OCH3 is 1. The molecule has 7 heteroatoms. The first-order valence-corrected chi connectivity index (χ1v) is 9.26. The van der Waals surface area contributed by atoms with Crippen molar-refractivity contribution in [2.75, 3.05) is 13.7 Å². The number of thiocarbonyl (C=S) groups is 1. The monoisotopic (exact) mass is 384 g/mol. The van der Waals surface area contributed by atoms with Gasteiger partial charge in [-0.1, -0.05) is 19.1 Å². The molecule has 0 aromatic heterocycles. The zero-order chi connectivity index (χ0) is 19.0. The van der Waals surface area contributed by atoms with Gasteiger partial charge in [0.05, 0.1) is 13.7 Å². The second-order valence-electron chi connectivity index (χ2n) is 5.53. The molecule has 0 heterocycles. The van der Waals surface area contributed by atoms with Crippen molar-refractivity contribution >= 4 is 40.1 Å². The average molecular weight is 385 g/mol. The summed E-state index contributed by atoms with van der Waals surface area (Å²) in [4.78, 5) is 24.0. The molecule has 0 fully saturated rings. The molecule has 0 saturated carbocycles. The summed E-state index contributed by atoms with van der Waals surface area (Å²) in [6, 6.07) is 5.35. The molecule has 1 rings (SSSR count). The minimum absolute atomic E-state index is 0.0432. The van der Waals surface area contributed by atoms with Crippen molar-refractivity contribution < 1.29 is 23.8 Å². The topological polar surface area (TPSA) is 61.8 Å². The van der Waals surface area contributed by atoms with E-state index >= 15 is 0 Å². The Morgan fingerprint density at radius 3 is 2.56 bits per heavy atom. The molecule has 5 nitrogen and oxygen atoms in total. The predicted octanol–water partition coefficient (Wildman–Crippen LogP) is 4.16. The van der Waals surface area contributed by atoms with Gasteiger partial charge in [0.2, 0.25) is 4.38 Å². The van der Waals surface area contributed by atoms with Crippen LogP contribution < -0.4 is 4.74 Å². The maximum absolute atomic E-state index is 12.7. The molecule has 0 aliphatic rings. The third-order valence-corrected chi connectivity index (χ3v) is 4.74. The van der Waals surface area contributed by atoms with Crippen LogP contribution >= 0.6 is 24.0 Å². The summed E-state index contributed by atoms with van der Waals surface area (Å²) in [5.74, 6) is -0.151. The predicted molar refractivity (Wildman–Crippen MR) is 103 cm³/mol. The molecular weight excluding hydrogens is 360 g/mol. The minimum atomic E-state index is -0.567. The first kappa shape index (κ1) is 21.4. The van der Waals surface area contributed by atoms with Crippen LogP contribution in [0.15, 0.2) is 18.2 Å². The third-order valence-electron chi connectivity index (χ3n) is 3.47. The maximum atomic E-state index is 12.7. The smallest absolute Gasteiger partial charge is 0.303 e. The van der Waals surface area contributed by atoms with Gasteiger partial charge in [0.15, 0.2) is 11.2 Å². The van der Waals surface area contributed by atoms with Crippen molar-refractivity contribution in [1.29, 1.82) is 0 Å². The molecule has 0 amide bonds. The molecule has 2 atom stereocenters. The van der Waals surface area contributed by atoms with Gasteiger partial charge in [0.25, 0.3) is 0 Å². The lowest BCUT2D eigenvalue weighted by Crippen LogP contribution is -2.22. The number of aryl methyl sites for hydroxylation is 1. The highest BCUT2D eigenvalue weighted by molar-refractivity contribution is 8.22. The van der Waals surface area contributed by atoms with E-state index < -0.39 is 11.4 Å². The number of Topliss-reactive ketones (excluding diaryl/α,β-unsaturated/α-hetero) is 1. The molecule has 0 radical (unpaired) electrons. The zero-order valence-electron chi connectivity index (χ0n) is 15.2. The molecule has 1 aromatic rings. The Morgan fingerprint density at radius 1 is 1.32 bits per heavy atom. The Kier molecular flexibility index (Phi) is 8.92. The molecule has 2 unspecified atom stereocenters. The van der Waals surface area contributed by atoms with Crippen molar-refractivity contribution in [1.82, 2.24) is 0 Å². The summed E-state index contributed by atoms with van der Waals surface area (Å²) in [5, 5.41) is 0. The van der Waals surface area contributed by atoms with Crippen molar-refractivity contribution in [3.8, 4) is 5.75 Å². The molecule has 0 aliphatic heterocycles. The summed E-state index contributed by atoms with van der Waals surface area (Å²) in [6.45, 7) is 7.31. The minimum Gasteiger partial charge on any atom is -0.496 e. The highest BCUT2D eigenvalue weighted by atomic mass is 32.2. The van der Waals surface area contributed by atoms with Crippen LogP contribution in [0.4, 0.5) is 0 Å². The number of hydrogen-bond donors (Lipinski definition) is 0. The van der Waals surface area contributed by atoms with Crippen LogP contribution in [-0.4, -0.2) is 35.3 Å². The van der Waals surface area contributed by atoms with Crippen LogP contribution in [0.5, 0.6) is 5.75 Å². The quantitative estimate of drug-likeness (QED) is 0.289. The average Bonchev–Trinajstić information content (AvgIpc) is 2.54. The van der Waals surface area contributed by atoms with Crippen LogP contribution in [0.3, 0.4) is 0 Å². The van der Waals surface area contributed by atoms with Crippen molar-refractivity contribution in [3.63, 3.8) is 0 Å². The third kappa shape index (κ3) is 7.04. The lowest BCUT2D eigenvalue weighted by atomic mass is 9.95. The van der Waals surface area contributed by atoms with Gasteiger partial charge in [0.1, 0.15) is 5.75 Å². The number of benzene rings is 1. The van der Waals surface area contributed by atoms with E-state index in [1.807, 2.05) is 19.9 Å². The van der Waals surface area contributed by atoms with E-state index in [9.17, 15) is 9.59 Å². The number of ether oxygens (including phenoxy) is 3. The van der Waals surface area contributed by atoms with Crippen molar-refractivity contribution in [2.24, 2.45) is 5.92 Å². The van der Waals surface area contributed by atoms with E-state index in [1.165, 1.54) is 6.92 Å². The number of rotatable bonds is 8. The van der Waals surface area contributed by atoms with Gasteiger partial charge in [-0.3, -0.25) is 9.59 Å². The van der Waals surface area contributed by atoms with Crippen molar-refractivity contribution in [3.05, 3.63) is 29.3 Å². The fourth-order valence-corrected chi connectivity index (χ4v) is 3.63. The SMILES string of the molecule is CCOC(=S)SC(CC(C)C(=O)c1ccc(C)c(OC)c1)OC(C)=O. The van der Waals surface area contributed by atoms with E-state index in [2.05, 4.69) is 0 Å². The van der Waals surface area contributed by atoms with Crippen LogP contribution in [0, 0.1) is 12.8 Å². The Morgan fingerprint density at radius 2 is 2.00 bits per heavy atom. The van der Waals surface area contributed by atoms with E-state index in [4.69, 9.17) is 26.4 Å². The lowest BCUT2D eigenvalue weighted by Gasteiger charge is -2.20. The summed E-state index contributed by atoms with van der Waals surface area (Å²) in [5.41, 5.74) is 0.957. The van der Waals surface area contributed by atoms with Gasteiger partial charge >= 0.3 is 5.97 Å². The number of esters is 1. The second-order valence-corrected chi connectivity index (χ2v) is 7.29. The molecule has 0 bridgehead atoms. The Bertz CT molecular complexity index is 630. The normalized spacial score (nSPS) is 12.8. The summed E-state index contributed by atoms with van der Waals surface area (Å²) in [7, 11) is 1.57. The number of hydrogen-bond acceptors (Lipinski definition) is 7.